The molecule has 0 aliphatic heterocycles. The third-order valence-corrected chi connectivity index (χ3v) is 2.06. The zero-order valence-electron chi connectivity index (χ0n) is 8.02. The second-order valence-corrected chi connectivity index (χ2v) is 3.21. The van der Waals surface area contributed by atoms with E-state index in [9.17, 15) is 9.90 Å². The van der Waals surface area contributed by atoms with Gasteiger partial charge in [0.1, 0.15) is 11.8 Å². The predicted octanol–water partition coefficient (Wildman–Crippen LogP) is 1.73. The molecule has 0 atom stereocenters. The number of nitrogens with zero attached hydrogens (tertiary/aromatic N) is 1. The summed E-state index contributed by atoms with van der Waals surface area (Å²) in [6, 6.07) is 4.40. The Labute approximate surface area is 92.5 Å². The van der Waals surface area contributed by atoms with Crippen LogP contribution in [-0.4, -0.2) is 17.7 Å². The first-order valence-electron chi connectivity index (χ1n) is 4.23. The van der Waals surface area contributed by atoms with E-state index >= 15 is 0 Å². The predicted molar refractivity (Wildman–Crippen MR) is 56.0 cm³/mol. The molecule has 0 aliphatic carbocycles. The second-order valence-electron chi connectivity index (χ2n) is 2.72. The van der Waals surface area contributed by atoms with Crippen LogP contribution in [-0.2, 0) is 4.74 Å². The summed E-state index contributed by atoms with van der Waals surface area (Å²) in [4.78, 5) is 11.5. The molecule has 4 nitrogen and oxygen atoms in total. The fourth-order valence-electron chi connectivity index (χ4n) is 1.04. The molecule has 1 rings (SSSR count). The number of esters is 1. The van der Waals surface area contributed by atoms with Crippen molar-refractivity contribution in [2.45, 2.75) is 11.8 Å². The summed E-state index contributed by atoms with van der Waals surface area (Å²) in [7, 11) is 0. The summed E-state index contributed by atoms with van der Waals surface area (Å²) in [5.41, 5.74) is 0.210. The van der Waals surface area contributed by atoms with Gasteiger partial charge in [-0.2, -0.15) is 5.26 Å². The highest BCUT2D eigenvalue weighted by atomic mass is 32.1. The van der Waals surface area contributed by atoms with Crippen LogP contribution in [0.3, 0.4) is 0 Å². The molecule has 0 fully saturated rings. The van der Waals surface area contributed by atoms with E-state index in [2.05, 4.69) is 12.6 Å². The zero-order chi connectivity index (χ0) is 11.4. The minimum absolute atomic E-state index is 0.00514. The van der Waals surface area contributed by atoms with E-state index in [1.54, 1.807) is 13.0 Å². The second kappa shape index (κ2) is 4.71. The monoisotopic (exact) mass is 223 g/mol. The van der Waals surface area contributed by atoms with Crippen molar-refractivity contribution < 1.29 is 14.6 Å². The largest absolute Gasteiger partial charge is 0.505 e. The average molecular weight is 223 g/mol. The summed E-state index contributed by atoms with van der Waals surface area (Å²) in [6.07, 6.45) is 0. The molecule has 1 aromatic rings. The summed E-state index contributed by atoms with van der Waals surface area (Å²) < 4.78 is 4.76. The number of hydrogen-bond acceptors (Lipinski definition) is 5. The Morgan fingerprint density at radius 2 is 2.33 bits per heavy atom. The van der Waals surface area contributed by atoms with Crippen LogP contribution in [0, 0.1) is 11.3 Å². The smallest absolute Gasteiger partial charge is 0.338 e. The third kappa shape index (κ3) is 2.42. The Morgan fingerprint density at radius 3 is 2.87 bits per heavy atom. The molecule has 0 spiro atoms. The Balaban J connectivity index is 3.18. The molecule has 0 heterocycles. The third-order valence-electron chi connectivity index (χ3n) is 1.72. The van der Waals surface area contributed by atoms with Gasteiger partial charge in [0, 0.05) is 4.90 Å². The van der Waals surface area contributed by atoms with Crippen molar-refractivity contribution in [3.63, 3.8) is 0 Å². The van der Waals surface area contributed by atoms with Gasteiger partial charge in [0.05, 0.1) is 17.7 Å². The van der Waals surface area contributed by atoms with Gasteiger partial charge in [0.2, 0.25) is 0 Å². The van der Waals surface area contributed by atoms with Gasteiger partial charge in [-0.15, -0.1) is 12.6 Å². The summed E-state index contributed by atoms with van der Waals surface area (Å²) in [6.45, 7) is 1.94. The van der Waals surface area contributed by atoms with E-state index < -0.39 is 5.97 Å². The molecule has 0 aliphatic rings. The van der Waals surface area contributed by atoms with Crippen LogP contribution >= 0.6 is 12.6 Å². The van der Waals surface area contributed by atoms with Gasteiger partial charge >= 0.3 is 5.97 Å². The van der Waals surface area contributed by atoms with E-state index in [4.69, 9.17) is 10.00 Å². The van der Waals surface area contributed by atoms with Gasteiger partial charge in [0.15, 0.2) is 0 Å². The molecule has 0 amide bonds. The number of benzene rings is 1. The Bertz CT molecular complexity index is 437. The normalized spacial score (nSPS) is 9.40. The van der Waals surface area contributed by atoms with Crippen LogP contribution < -0.4 is 0 Å². The van der Waals surface area contributed by atoms with Gasteiger partial charge in [-0.1, -0.05) is 0 Å². The van der Waals surface area contributed by atoms with Crippen molar-refractivity contribution in [3.05, 3.63) is 23.3 Å². The van der Waals surface area contributed by atoms with Crippen LogP contribution in [0.15, 0.2) is 17.0 Å². The van der Waals surface area contributed by atoms with E-state index in [0.29, 0.717) is 0 Å². The number of rotatable bonds is 2. The van der Waals surface area contributed by atoms with Crippen molar-refractivity contribution in [1.29, 1.82) is 5.26 Å². The molecule has 1 aromatic carbocycles. The fourth-order valence-corrected chi connectivity index (χ4v) is 1.30. The molecule has 0 saturated heterocycles. The van der Waals surface area contributed by atoms with Gasteiger partial charge in [0.25, 0.3) is 0 Å². The van der Waals surface area contributed by atoms with E-state index in [-0.39, 0.29) is 28.4 Å². The van der Waals surface area contributed by atoms with E-state index in [1.165, 1.54) is 12.1 Å². The number of hydrogen-bond donors (Lipinski definition) is 2. The van der Waals surface area contributed by atoms with Crippen LogP contribution in [0.25, 0.3) is 0 Å². The molecule has 1 N–H and O–H groups in total. The van der Waals surface area contributed by atoms with Crippen LogP contribution in [0.5, 0.6) is 5.75 Å². The highest BCUT2D eigenvalue weighted by Crippen LogP contribution is 2.27. The lowest BCUT2D eigenvalue weighted by Crippen LogP contribution is -2.05. The molecule has 0 aromatic heterocycles. The zero-order valence-corrected chi connectivity index (χ0v) is 8.91. The first-order chi connectivity index (χ1) is 7.10. The minimum Gasteiger partial charge on any atom is -0.505 e. The van der Waals surface area contributed by atoms with Crippen molar-refractivity contribution >= 4 is 18.6 Å². The Kier molecular flexibility index (Phi) is 3.58. The van der Waals surface area contributed by atoms with Crippen molar-refractivity contribution in [1.82, 2.24) is 0 Å². The summed E-state index contributed by atoms with van der Waals surface area (Å²) in [5.74, 6) is -0.766. The lowest BCUT2D eigenvalue weighted by atomic mass is 10.1. The van der Waals surface area contributed by atoms with Gasteiger partial charge < -0.3 is 9.84 Å². The molecule has 0 saturated carbocycles. The standard InChI is InChI=1S/C10H9NO3S/c1-2-14-10(13)6-3-7(5-11)9(12)8(15)4-6/h3-4,12,15H,2H2,1H3. The lowest BCUT2D eigenvalue weighted by Gasteiger charge is -2.05. The molecule has 15 heavy (non-hydrogen) atoms. The van der Waals surface area contributed by atoms with Crippen molar-refractivity contribution in [3.8, 4) is 11.8 Å². The number of thiol groups is 1. The first kappa shape index (κ1) is 11.4. The van der Waals surface area contributed by atoms with E-state index in [1.807, 2.05) is 0 Å². The Morgan fingerprint density at radius 1 is 1.67 bits per heavy atom. The molecule has 0 radical (unpaired) electrons. The van der Waals surface area contributed by atoms with Crippen molar-refractivity contribution in [2.24, 2.45) is 0 Å². The first-order valence-corrected chi connectivity index (χ1v) is 4.68. The lowest BCUT2D eigenvalue weighted by molar-refractivity contribution is 0.0526. The highest BCUT2D eigenvalue weighted by Gasteiger charge is 2.13. The van der Waals surface area contributed by atoms with Crippen LogP contribution in [0.4, 0.5) is 0 Å². The maximum Gasteiger partial charge on any atom is 0.338 e. The molecule has 78 valence electrons. The number of phenolic OH excluding ortho intramolecular Hbond substituents is 1. The summed E-state index contributed by atoms with van der Waals surface area (Å²) >= 11 is 3.95. The molecule has 0 unspecified atom stereocenters. The number of carbonyl (C=O) groups is 1. The fraction of sp³-hybridized carbons (Fsp3) is 0.200. The Hall–Kier alpha value is -1.67. The van der Waals surface area contributed by atoms with Gasteiger partial charge in [-0.25, -0.2) is 4.79 Å². The van der Waals surface area contributed by atoms with Crippen molar-refractivity contribution in [2.75, 3.05) is 6.61 Å². The maximum absolute atomic E-state index is 11.3. The number of nitriles is 1. The average Bonchev–Trinajstić information content (AvgIpc) is 2.22. The van der Waals surface area contributed by atoms with Gasteiger partial charge in [-0.3, -0.25) is 0 Å². The number of phenols is 1. The van der Waals surface area contributed by atoms with Gasteiger partial charge in [-0.05, 0) is 19.1 Å². The number of ether oxygens (including phenoxy) is 1. The molecule has 0 bridgehead atoms. The maximum atomic E-state index is 11.3. The van der Waals surface area contributed by atoms with E-state index in [0.717, 1.165) is 0 Å². The topological polar surface area (TPSA) is 70.3 Å². The number of aromatic hydroxyl groups is 1. The van der Waals surface area contributed by atoms with Crippen LogP contribution in [0.1, 0.15) is 22.8 Å². The highest BCUT2D eigenvalue weighted by molar-refractivity contribution is 7.80. The summed E-state index contributed by atoms with van der Waals surface area (Å²) in [5, 5.41) is 18.1. The molecule has 5 heteroatoms. The molecular weight excluding hydrogens is 214 g/mol. The molecular formula is C10H9NO3S. The minimum atomic E-state index is -0.538. The van der Waals surface area contributed by atoms with Crippen LogP contribution in [0.2, 0.25) is 0 Å². The number of carbonyl (C=O) groups excluding carboxylic acids is 1. The SMILES string of the molecule is CCOC(=O)c1cc(S)c(O)c(C#N)c1. The quantitative estimate of drug-likeness (QED) is 0.591.